The van der Waals surface area contributed by atoms with Gasteiger partial charge in [0.05, 0.1) is 44.2 Å². The molecule has 1 aliphatic heterocycles. The largest absolute Gasteiger partial charge is 0.493 e. The Bertz CT molecular complexity index is 1750. The molecule has 14 atom stereocenters. The monoisotopic (exact) mass is 866 g/mol. The van der Waals surface area contributed by atoms with Crippen LogP contribution in [0.25, 0.3) is 0 Å². The Morgan fingerprint density at radius 2 is 1.53 bits per heavy atom. The Balaban J connectivity index is 1.19. The fourth-order valence-corrected chi connectivity index (χ4v) is 14.1. The van der Waals surface area contributed by atoms with Crippen molar-refractivity contribution in [1.29, 1.82) is 0 Å². The Morgan fingerprint density at radius 3 is 2.19 bits per heavy atom. The van der Waals surface area contributed by atoms with E-state index in [0.717, 1.165) is 51.4 Å². The summed E-state index contributed by atoms with van der Waals surface area (Å²) in [7, 11) is 10.00. The van der Waals surface area contributed by atoms with E-state index < -0.39 is 40.9 Å². The van der Waals surface area contributed by atoms with Crippen molar-refractivity contribution in [2.24, 2.45) is 35.0 Å². The van der Waals surface area contributed by atoms with E-state index in [2.05, 4.69) is 43.1 Å². The smallest absolute Gasteiger partial charge is 0.338 e. The number of esters is 2. The van der Waals surface area contributed by atoms with Crippen LogP contribution >= 0.6 is 0 Å². The van der Waals surface area contributed by atoms with Gasteiger partial charge in [-0.2, -0.15) is 0 Å². The van der Waals surface area contributed by atoms with Crippen molar-refractivity contribution in [3.63, 3.8) is 0 Å². The molecule has 346 valence electrons. The number of carbonyl (C=O) groups excluding carboxylic acids is 2. The predicted molar refractivity (Wildman–Crippen MR) is 235 cm³/mol. The van der Waals surface area contributed by atoms with Crippen molar-refractivity contribution < 1.29 is 52.6 Å². The lowest BCUT2D eigenvalue weighted by Gasteiger charge is -2.69. The number of allylic oxidation sites excluding steroid dienone is 4. The normalized spacial score (nSPS) is 37.9. The van der Waals surface area contributed by atoms with E-state index in [0.29, 0.717) is 55.8 Å². The van der Waals surface area contributed by atoms with E-state index in [1.165, 1.54) is 20.0 Å². The lowest BCUT2D eigenvalue weighted by Crippen LogP contribution is -2.80. The van der Waals surface area contributed by atoms with Gasteiger partial charge in [0.25, 0.3) is 0 Å². The van der Waals surface area contributed by atoms with Gasteiger partial charge in [0.15, 0.2) is 11.5 Å². The molecule has 0 aromatic heterocycles. The van der Waals surface area contributed by atoms with E-state index in [-0.39, 0.29) is 53.8 Å². The van der Waals surface area contributed by atoms with Crippen LogP contribution in [0.5, 0.6) is 11.5 Å². The van der Waals surface area contributed by atoms with Gasteiger partial charge in [0, 0.05) is 89.4 Å². The third kappa shape index (κ3) is 7.74. The molecule has 1 aromatic rings. The molecule has 7 rings (SSSR count). The maximum Gasteiger partial charge on any atom is 0.338 e. The molecule has 5 saturated carbocycles. The van der Waals surface area contributed by atoms with Gasteiger partial charge in [-0.3, -0.25) is 9.69 Å². The first-order valence-corrected chi connectivity index (χ1v) is 23.6. The fraction of sp³-hybridized carbons (Fsp3) is 0.760. The highest BCUT2D eigenvalue weighted by atomic mass is 16.6. The summed E-state index contributed by atoms with van der Waals surface area (Å²) in [5.74, 6) is -1.11. The summed E-state index contributed by atoms with van der Waals surface area (Å²) in [6, 6.07) is 4.92. The average molecular weight is 866 g/mol. The van der Waals surface area contributed by atoms with Crippen LogP contribution in [0.3, 0.4) is 0 Å². The van der Waals surface area contributed by atoms with Crippen LogP contribution in [0, 0.1) is 35.0 Å². The van der Waals surface area contributed by atoms with E-state index in [1.54, 1.807) is 53.7 Å². The second-order valence-corrected chi connectivity index (χ2v) is 18.9. The molecular formula is C50H75NO11. The van der Waals surface area contributed by atoms with Crippen LogP contribution < -0.4 is 9.47 Å². The van der Waals surface area contributed by atoms with Crippen LogP contribution in [-0.4, -0.2) is 125 Å². The Morgan fingerprint density at radius 1 is 0.806 bits per heavy atom. The van der Waals surface area contributed by atoms with Gasteiger partial charge in [-0.25, -0.2) is 4.79 Å². The number of aliphatic hydroxyl groups excluding tert-OH is 1. The molecule has 12 heteroatoms. The molecule has 3 unspecified atom stereocenters. The summed E-state index contributed by atoms with van der Waals surface area (Å²) >= 11 is 0. The molecule has 1 saturated heterocycles. The minimum Gasteiger partial charge on any atom is -0.493 e. The van der Waals surface area contributed by atoms with Gasteiger partial charge >= 0.3 is 11.9 Å². The van der Waals surface area contributed by atoms with E-state index in [1.807, 2.05) is 0 Å². The van der Waals surface area contributed by atoms with Crippen molar-refractivity contribution in [3.05, 3.63) is 48.1 Å². The maximum absolute atomic E-state index is 14.6. The number of methoxy groups -OCH3 is 6. The molecule has 0 radical (unpaired) electrons. The third-order valence-electron chi connectivity index (χ3n) is 16.4. The second kappa shape index (κ2) is 20.0. The maximum atomic E-state index is 14.6. The molecule has 1 N–H and O–H groups in total. The topological polar surface area (TPSA) is 131 Å². The number of aliphatic hydroxyl groups is 1. The van der Waals surface area contributed by atoms with Crippen molar-refractivity contribution in [2.45, 2.75) is 152 Å². The molecule has 0 amide bonds. The molecular weight excluding hydrogens is 791 g/mol. The van der Waals surface area contributed by atoms with Crippen LogP contribution in [0.4, 0.5) is 0 Å². The van der Waals surface area contributed by atoms with Gasteiger partial charge < -0.3 is 43.0 Å². The summed E-state index contributed by atoms with van der Waals surface area (Å²) in [5, 5.41) is 12.1. The van der Waals surface area contributed by atoms with Crippen LogP contribution in [0.1, 0.15) is 114 Å². The highest BCUT2D eigenvalue weighted by Crippen LogP contribution is 2.79. The van der Waals surface area contributed by atoms with E-state index in [9.17, 15) is 14.7 Å². The number of piperidine rings is 1. The first kappa shape index (κ1) is 47.0. The number of nitrogens with zero attached hydrogens (tertiary/aromatic N) is 1. The number of unbranched alkanes of at least 4 members (excludes halogenated alkanes) is 7. The third-order valence-corrected chi connectivity index (χ3v) is 16.4. The summed E-state index contributed by atoms with van der Waals surface area (Å²) in [5.41, 5.74) is -2.30. The standard InChI is InChI=1S/C50H75NO11/c1-9-11-12-13-14-15-16-17-18-19-20-21-22-23-24-40(53)62-48-30-37(57-5)33-28-34(41(48)43(33)61-47(54)32-25-26-35(55-3)36(27-32)56-4)50-39(58-6)29-38(52)49(60-8)31-51(10-2)46(50)42(48)44(59-7)45(49)50/h13-14,16-17,25-27,33-34,37-39,41-46,52H,9-12,15,18-24,28-31H2,1-8H3/b14-13+,17-16+/t33-,34-,37+,38-,39?,41-,42-,43+,44+,45-,46?,48-,49+,50?/m1/s1. The summed E-state index contributed by atoms with van der Waals surface area (Å²) in [6.07, 6.45) is 19.0. The number of rotatable bonds is 23. The predicted octanol–water partition coefficient (Wildman–Crippen LogP) is 7.74. The summed E-state index contributed by atoms with van der Waals surface area (Å²) in [4.78, 5) is 31.4. The first-order valence-electron chi connectivity index (χ1n) is 23.6. The van der Waals surface area contributed by atoms with Crippen molar-refractivity contribution in [3.8, 4) is 11.5 Å². The van der Waals surface area contributed by atoms with Gasteiger partial charge in [-0.1, -0.05) is 70.3 Å². The number of hydrogen-bond acceptors (Lipinski definition) is 12. The Hall–Kier alpha value is -3.00. The number of carbonyl (C=O) groups is 2. The van der Waals surface area contributed by atoms with Gasteiger partial charge in [0.1, 0.15) is 17.3 Å². The number of ether oxygens (including phenoxy) is 8. The molecule has 62 heavy (non-hydrogen) atoms. The molecule has 6 aliphatic rings. The number of likely N-dealkylation sites (N-methyl/N-ethyl adjacent to an activating group) is 1. The lowest BCUT2D eigenvalue weighted by molar-refractivity contribution is -0.312. The van der Waals surface area contributed by atoms with Crippen LogP contribution in [-0.2, 0) is 33.2 Å². The fourth-order valence-electron chi connectivity index (χ4n) is 14.1. The Labute approximate surface area is 370 Å². The molecule has 1 aromatic carbocycles. The molecule has 1 heterocycles. The average Bonchev–Trinajstić information content (AvgIpc) is 3.71. The quantitative estimate of drug-likeness (QED) is 0.0656. The zero-order valence-electron chi connectivity index (χ0n) is 38.7. The minimum atomic E-state index is -1.11. The number of likely N-dealkylation sites (tertiary alicyclic amines) is 1. The molecule has 5 aliphatic carbocycles. The number of hydrogen-bond donors (Lipinski definition) is 1. The highest BCUT2D eigenvalue weighted by Gasteiger charge is 2.89. The molecule has 7 bridgehead atoms. The second-order valence-electron chi connectivity index (χ2n) is 18.9. The molecule has 1 spiro atoms. The van der Waals surface area contributed by atoms with Gasteiger partial charge in [-0.05, 0) is 69.2 Å². The zero-order chi connectivity index (χ0) is 44.2. The summed E-state index contributed by atoms with van der Waals surface area (Å²) in [6.45, 7) is 5.59. The van der Waals surface area contributed by atoms with Gasteiger partial charge in [-0.15, -0.1) is 0 Å². The Kier molecular flexibility index (Phi) is 15.2. The van der Waals surface area contributed by atoms with E-state index >= 15 is 0 Å². The molecule has 12 nitrogen and oxygen atoms in total. The minimum absolute atomic E-state index is 0.111. The number of benzene rings is 1. The van der Waals surface area contributed by atoms with Crippen molar-refractivity contribution in [2.75, 3.05) is 55.7 Å². The highest BCUT2D eigenvalue weighted by molar-refractivity contribution is 5.90. The van der Waals surface area contributed by atoms with Crippen molar-refractivity contribution >= 4 is 11.9 Å². The molecule has 6 fully saturated rings. The number of fused-ring (bicyclic) bond motifs is 2. The van der Waals surface area contributed by atoms with E-state index in [4.69, 9.17) is 37.9 Å². The summed E-state index contributed by atoms with van der Waals surface area (Å²) < 4.78 is 51.1. The zero-order valence-corrected chi connectivity index (χ0v) is 38.7. The van der Waals surface area contributed by atoms with Crippen LogP contribution in [0.2, 0.25) is 0 Å². The van der Waals surface area contributed by atoms with Gasteiger partial charge in [0.2, 0.25) is 0 Å². The van der Waals surface area contributed by atoms with Crippen LogP contribution in [0.15, 0.2) is 42.5 Å². The van der Waals surface area contributed by atoms with Crippen molar-refractivity contribution in [1.82, 2.24) is 4.90 Å². The lowest BCUT2D eigenvalue weighted by atomic mass is 9.44. The first-order chi connectivity index (χ1) is 30.1. The SMILES string of the molecule is CCCC/C=C/C/C=C/CCCCCCCC(=O)O[C@]12C[C@H](OC)[C@H]3C[C@H]([C@@H]1[C@H]3OC(=O)c1ccc(OC)c(OC)c1)C13C(OC)C[C@@H](O)[C@@]4(OC)CN(CC)C1[C@H]2[C@H](OC)[C@@H]34.